The number of aliphatic hydroxyl groups excluding tert-OH is 1. The Morgan fingerprint density at radius 3 is 2.35 bits per heavy atom. The lowest BCUT2D eigenvalue weighted by Crippen LogP contribution is -2.36. The number of imidazole rings is 1. The van der Waals surface area contributed by atoms with Crippen molar-refractivity contribution in [3.8, 4) is 0 Å². The molecule has 0 radical (unpaired) electrons. The number of hydrogen-bond acceptors (Lipinski definition) is 7. The van der Waals surface area contributed by atoms with Gasteiger partial charge in [0.05, 0.1) is 46.9 Å². The number of carbonyl (C=O) groups is 1. The summed E-state index contributed by atoms with van der Waals surface area (Å²) >= 11 is 0. The van der Waals surface area contributed by atoms with Crippen LogP contribution in [0.4, 0.5) is 35.9 Å². The number of benzene rings is 1. The lowest BCUT2D eigenvalue weighted by atomic mass is 9.93. The quantitative estimate of drug-likeness (QED) is 0.326. The van der Waals surface area contributed by atoms with Gasteiger partial charge in [0.25, 0.3) is 5.91 Å². The Bertz CT molecular complexity index is 1610. The standard InChI is InChI=1S/C29H35F3N6O4S/c30-25-17-33-27-24(36-9-3-19(4-10-36)26(31)32)16-21(18-38(25)27)34-28(40)22-2-1-20(35-43(41,42)14-13-39)15-23(22)37-11-7-29(5-6-29)8-12-37/h1-2,15-19,26,35,39H,3-14H2,(H,34,40). The second-order valence-corrected chi connectivity index (χ2v) is 13.7. The Balaban J connectivity index is 1.29. The molecule has 232 valence electrons. The summed E-state index contributed by atoms with van der Waals surface area (Å²) in [6, 6.07) is 6.36. The van der Waals surface area contributed by atoms with Gasteiger partial charge in [-0.3, -0.25) is 13.9 Å². The molecule has 1 aromatic carbocycles. The van der Waals surface area contributed by atoms with Crippen molar-refractivity contribution >= 4 is 44.3 Å². The van der Waals surface area contributed by atoms with Gasteiger partial charge in [0.1, 0.15) is 0 Å². The van der Waals surface area contributed by atoms with E-state index in [1.54, 1.807) is 18.2 Å². The van der Waals surface area contributed by atoms with Crippen molar-refractivity contribution in [1.82, 2.24) is 9.38 Å². The summed E-state index contributed by atoms with van der Waals surface area (Å²) in [5, 5.41) is 12.0. The van der Waals surface area contributed by atoms with Crippen molar-refractivity contribution < 1.29 is 31.5 Å². The van der Waals surface area contributed by atoms with E-state index in [0.29, 0.717) is 59.6 Å². The molecule has 3 fully saturated rings. The van der Waals surface area contributed by atoms with E-state index in [-0.39, 0.29) is 5.69 Å². The molecule has 3 aromatic rings. The summed E-state index contributed by atoms with van der Waals surface area (Å²) in [6.07, 6.45) is 5.06. The number of nitrogens with zero attached hydrogens (tertiary/aromatic N) is 4. The van der Waals surface area contributed by atoms with Gasteiger partial charge in [-0.25, -0.2) is 22.2 Å². The number of alkyl halides is 2. The Morgan fingerprint density at radius 1 is 1.02 bits per heavy atom. The molecular weight excluding hydrogens is 585 g/mol. The van der Waals surface area contributed by atoms with Gasteiger partial charge in [-0.1, -0.05) is 0 Å². The number of amides is 1. The fourth-order valence-corrected chi connectivity index (χ4v) is 7.06. The van der Waals surface area contributed by atoms with Crippen molar-refractivity contribution in [2.45, 2.75) is 45.0 Å². The number of piperidine rings is 2. The third kappa shape index (κ3) is 6.26. The number of fused-ring (bicyclic) bond motifs is 1. The zero-order valence-corrected chi connectivity index (χ0v) is 24.4. The average molecular weight is 621 g/mol. The number of aliphatic hydroxyl groups is 1. The van der Waals surface area contributed by atoms with E-state index < -0.39 is 46.6 Å². The minimum Gasteiger partial charge on any atom is -0.395 e. The van der Waals surface area contributed by atoms with E-state index in [4.69, 9.17) is 5.11 Å². The van der Waals surface area contributed by atoms with Crippen LogP contribution in [0.25, 0.3) is 5.65 Å². The first-order valence-electron chi connectivity index (χ1n) is 14.6. The zero-order chi connectivity index (χ0) is 30.4. The van der Waals surface area contributed by atoms with E-state index in [2.05, 4.69) is 19.9 Å². The number of rotatable bonds is 9. The van der Waals surface area contributed by atoms with Gasteiger partial charge < -0.3 is 20.2 Å². The molecule has 6 rings (SSSR count). The van der Waals surface area contributed by atoms with Gasteiger partial charge >= 0.3 is 0 Å². The first kappa shape index (κ1) is 29.5. The number of anilines is 4. The molecule has 2 saturated heterocycles. The topological polar surface area (TPSA) is 119 Å². The van der Waals surface area contributed by atoms with Crippen LogP contribution in [-0.2, 0) is 10.0 Å². The molecule has 2 aliphatic heterocycles. The summed E-state index contributed by atoms with van der Waals surface area (Å²) in [6.45, 7) is 1.62. The van der Waals surface area contributed by atoms with Gasteiger partial charge in [-0.05, 0) is 68.2 Å². The molecule has 10 nitrogen and oxygen atoms in total. The minimum absolute atomic E-state index is 0.281. The smallest absolute Gasteiger partial charge is 0.257 e. The monoisotopic (exact) mass is 620 g/mol. The lowest BCUT2D eigenvalue weighted by molar-refractivity contribution is 0.0636. The van der Waals surface area contributed by atoms with Crippen molar-refractivity contribution in [2.24, 2.45) is 11.3 Å². The number of nitrogens with one attached hydrogen (secondary N) is 2. The maximum absolute atomic E-state index is 14.7. The number of carbonyl (C=O) groups excluding carboxylic acids is 1. The van der Waals surface area contributed by atoms with E-state index in [0.717, 1.165) is 32.1 Å². The lowest BCUT2D eigenvalue weighted by Gasteiger charge is -2.35. The fourth-order valence-electron chi connectivity index (χ4n) is 6.23. The van der Waals surface area contributed by atoms with Crippen LogP contribution in [0, 0.1) is 17.3 Å². The van der Waals surface area contributed by atoms with Crippen LogP contribution in [0.15, 0.2) is 36.7 Å². The zero-order valence-electron chi connectivity index (χ0n) is 23.6. The summed E-state index contributed by atoms with van der Waals surface area (Å²) in [5.74, 6) is -2.23. The Hall–Kier alpha value is -3.52. The van der Waals surface area contributed by atoms with Crippen LogP contribution in [-0.4, -0.2) is 73.8 Å². The van der Waals surface area contributed by atoms with E-state index in [1.165, 1.54) is 29.5 Å². The van der Waals surface area contributed by atoms with E-state index in [1.807, 2.05) is 4.90 Å². The highest BCUT2D eigenvalue weighted by Crippen LogP contribution is 2.54. The molecule has 0 unspecified atom stereocenters. The molecule has 2 aromatic heterocycles. The van der Waals surface area contributed by atoms with Gasteiger partial charge in [0.15, 0.2) is 5.65 Å². The molecule has 0 bridgehead atoms. The Morgan fingerprint density at radius 2 is 1.70 bits per heavy atom. The maximum atomic E-state index is 14.7. The number of hydrogen-bond donors (Lipinski definition) is 3. The fraction of sp³-hybridized carbons (Fsp3) is 0.517. The maximum Gasteiger partial charge on any atom is 0.257 e. The molecule has 4 heterocycles. The molecular formula is C29H35F3N6O4S. The van der Waals surface area contributed by atoms with Gasteiger partial charge in [0, 0.05) is 38.3 Å². The highest BCUT2D eigenvalue weighted by molar-refractivity contribution is 7.92. The average Bonchev–Trinajstić information content (AvgIpc) is 3.63. The van der Waals surface area contributed by atoms with Gasteiger partial charge in [0.2, 0.25) is 22.4 Å². The third-order valence-electron chi connectivity index (χ3n) is 9.03. The largest absolute Gasteiger partial charge is 0.395 e. The number of aromatic nitrogens is 2. The summed E-state index contributed by atoms with van der Waals surface area (Å²) in [5.41, 5.74) is 2.72. The Labute approximate surface area is 247 Å². The normalized spacial score (nSPS) is 18.9. The van der Waals surface area contributed by atoms with Gasteiger partial charge in [-0.2, -0.15) is 4.39 Å². The van der Waals surface area contributed by atoms with Crippen LogP contribution in [0.3, 0.4) is 0 Å². The molecule has 1 spiro atoms. The molecule has 14 heteroatoms. The molecule has 1 aliphatic carbocycles. The van der Waals surface area contributed by atoms with Crippen LogP contribution >= 0.6 is 0 Å². The van der Waals surface area contributed by atoms with Crippen molar-refractivity contribution in [3.63, 3.8) is 0 Å². The van der Waals surface area contributed by atoms with E-state index >= 15 is 0 Å². The number of pyridine rings is 1. The first-order chi connectivity index (χ1) is 20.6. The molecule has 43 heavy (non-hydrogen) atoms. The molecule has 1 saturated carbocycles. The second kappa shape index (κ2) is 11.5. The van der Waals surface area contributed by atoms with Crippen LogP contribution in [0.5, 0.6) is 0 Å². The number of sulfonamides is 1. The van der Waals surface area contributed by atoms with Crippen LogP contribution < -0.4 is 19.8 Å². The molecule has 3 N–H and O–H groups in total. The molecule has 3 aliphatic rings. The predicted octanol–water partition coefficient (Wildman–Crippen LogP) is 4.32. The van der Waals surface area contributed by atoms with Gasteiger partial charge in [-0.15, -0.1) is 0 Å². The summed E-state index contributed by atoms with van der Waals surface area (Å²) in [4.78, 5) is 21.9. The summed E-state index contributed by atoms with van der Waals surface area (Å²) in [7, 11) is -3.78. The van der Waals surface area contributed by atoms with E-state index in [9.17, 15) is 26.4 Å². The second-order valence-electron chi connectivity index (χ2n) is 11.9. The molecule has 0 atom stereocenters. The highest BCUT2D eigenvalue weighted by atomic mass is 32.2. The third-order valence-corrected chi connectivity index (χ3v) is 10.3. The van der Waals surface area contributed by atoms with Crippen molar-refractivity contribution in [3.05, 3.63) is 48.2 Å². The van der Waals surface area contributed by atoms with Crippen LogP contribution in [0.1, 0.15) is 48.9 Å². The number of halogens is 3. The van der Waals surface area contributed by atoms with Crippen LogP contribution in [0.2, 0.25) is 0 Å². The first-order valence-corrected chi connectivity index (χ1v) is 16.2. The minimum atomic E-state index is -3.78. The van der Waals surface area contributed by atoms with Crippen molar-refractivity contribution in [2.75, 3.05) is 58.4 Å². The Kier molecular flexibility index (Phi) is 7.92. The SMILES string of the molecule is O=C(Nc1cc(N2CCC(C(F)F)CC2)c2ncc(F)n2c1)c1ccc(NS(=O)(=O)CCO)cc1N1CCC2(CC1)CC2. The van der Waals surface area contributed by atoms with Crippen molar-refractivity contribution in [1.29, 1.82) is 0 Å². The predicted molar refractivity (Wildman–Crippen MR) is 158 cm³/mol. The summed E-state index contributed by atoms with van der Waals surface area (Å²) < 4.78 is 69.5. The molecule has 1 amide bonds. The highest BCUT2D eigenvalue weighted by Gasteiger charge is 2.44.